The molecule has 1 N–H and O–H groups in total. The topological polar surface area (TPSA) is 151 Å². The van der Waals surface area contributed by atoms with Crippen molar-refractivity contribution in [3.8, 4) is 6.07 Å². The normalized spacial score (nSPS) is 21.7. The number of carbonyl (C=O) groups is 4. The van der Waals surface area contributed by atoms with Crippen molar-refractivity contribution >= 4 is 41.1 Å². The Morgan fingerprint density at radius 2 is 1.83 bits per heavy atom. The molecule has 0 bridgehead atoms. The molecule has 0 aliphatic carbocycles. The predicted molar refractivity (Wildman–Crippen MR) is 150 cm³/mol. The van der Waals surface area contributed by atoms with Gasteiger partial charge in [-0.05, 0) is 36.2 Å². The van der Waals surface area contributed by atoms with Crippen LogP contribution in [0.4, 0.5) is 16.2 Å². The standard InChI is InChI=1S/C30H27N5O7/c1-5-13-34-20-12-7-6-11-19(20)30-15-21(25(36)40-2)35(29(39)32-18-10-8-9-17(14-18)16-31)28(30)33-23(27(38)42-4)22(24(30)34)26(37)41-3/h5-12,14,21,24H,1,13,15H2,2-4H3,(H,32,39)/t21-,24-,30-/m0/s1. The van der Waals surface area contributed by atoms with Crippen LogP contribution in [0.15, 0.2) is 77.4 Å². The van der Waals surface area contributed by atoms with Crippen LogP contribution in [0.3, 0.4) is 0 Å². The number of esters is 3. The van der Waals surface area contributed by atoms with Crippen LogP contribution in [0, 0.1) is 11.3 Å². The van der Waals surface area contributed by atoms with E-state index in [0.29, 0.717) is 22.5 Å². The summed E-state index contributed by atoms with van der Waals surface area (Å²) in [5.41, 5.74) is 0.331. The summed E-state index contributed by atoms with van der Waals surface area (Å²) in [4.78, 5) is 61.5. The quantitative estimate of drug-likeness (QED) is 0.315. The van der Waals surface area contributed by atoms with Gasteiger partial charge >= 0.3 is 23.9 Å². The third kappa shape index (κ3) is 4.09. The monoisotopic (exact) mass is 569 g/mol. The molecule has 3 heterocycles. The van der Waals surface area contributed by atoms with E-state index in [4.69, 9.17) is 14.2 Å². The van der Waals surface area contributed by atoms with E-state index in [2.05, 4.69) is 16.9 Å². The highest BCUT2D eigenvalue weighted by Crippen LogP contribution is 2.57. The molecule has 3 aliphatic rings. The van der Waals surface area contributed by atoms with Crippen molar-refractivity contribution in [1.29, 1.82) is 5.26 Å². The molecule has 12 heteroatoms. The summed E-state index contributed by atoms with van der Waals surface area (Å²) in [5.74, 6) is -2.39. The molecular weight excluding hydrogens is 542 g/mol. The Labute approximate surface area is 241 Å². The molecule has 2 aromatic rings. The lowest BCUT2D eigenvalue weighted by Crippen LogP contribution is -2.56. The molecule has 1 saturated heterocycles. The van der Waals surface area contributed by atoms with Crippen LogP contribution < -0.4 is 10.2 Å². The van der Waals surface area contributed by atoms with Crippen LogP contribution in [0.2, 0.25) is 0 Å². The number of nitrogens with zero attached hydrogens (tertiary/aromatic N) is 4. The number of amides is 2. The first-order chi connectivity index (χ1) is 20.3. The molecule has 0 saturated carbocycles. The van der Waals surface area contributed by atoms with Gasteiger partial charge in [-0.2, -0.15) is 5.26 Å². The van der Waals surface area contributed by atoms with Crippen molar-refractivity contribution in [2.24, 2.45) is 4.99 Å². The number of methoxy groups -OCH3 is 3. The number of anilines is 2. The molecule has 2 aromatic carbocycles. The van der Waals surface area contributed by atoms with E-state index in [1.54, 1.807) is 30.3 Å². The Morgan fingerprint density at radius 3 is 2.50 bits per heavy atom. The first kappa shape index (κ1) is 28.1. The van der Waals surface area contributed by atoms with Crippen molar-refractivity contribution in [3.63, 3.8) is 0 Å². The molecule has 3 aliphatic heterocycles. The second-order valence-electron chi connectivity index (χ2n) is 9.75. The van der Waals surface area contributed by atoms with Gasteiger partial charge in [0.2, 0.25) is 0 Å². The van der Waals surface area contributed by atoms with Crippen LogP contribution >= 0.6 is 0 Å². The zero-order valence-electron chi connectivity index (χ0n) is 23.1. The molecule has 1 fully saturated rings. The largest absolute Gasteiger partial charge is 0.467 e. The second-order valence-corrected chi connectivity index (χ2v) is 9.75. The Morgan fingerprint density at radius 1 is 1.10 bits per heavy atom. The number of likely N-dealkylation sites (tertiary alicyclic amines) is 1. The number of ether oxygens (including phenoxy) is 3. The number of para-hydroxylation sites is 1. The lowest BCUT2D eigenvalue weighted by molar-refractivity contribution is -0.144. The maximum Gasteiger partial charge on any atom is 0.357 e. The molecule has 2 amide bonds. The predicted octanol–water partition coefficient (Wildman–Crippen LogP) is 2.66. The van der Waals surface area contributed by atoms with E-state index in [-0.39, 0.29) is 30.1 Å². The third-order valence-electron chi connectivity index (χ3n) is 7.72. The molecular formula is C30H27N5O7. The minimum absolute atomic E-state index is 0.0194. The lowest BCUT2D eigenvalue weighted by Gasteiger charge is -2.40. The van der Waals surface area contributed by atoms with Gasteiger partial charge in [0.15, 0.2) is 5.70 Å². The highest BCUT2D eigenvalue weighted by Gasteiger charge is 2.67. The van der Waals surface area contributed by atoms with E-state index in [0.717, 1.165) is 12.0 Å². The number of rotatable bonds is 6. The molecule has 42 heavy (non-hydrogen) atoms. The lowest BCUT2D eigenvalue weighted by atomic mass is 9.69. The van der Waals surface area contributed by atoms with Crippen LogP contribution in [0.1, 0.15) is 17.5 Å². The number of fused-ring (bicyclic) bond motifs is 1. The zero-order chi connectivity index (χ0) is 30.2. The number of carbonyl (C=O) groups excluding carboxylic acids is 4. The Kier molecular flexibility index (Phi) is 7.26. The van der Waals surface area contributed by atoms with Gasteiger partial charge in [-0.1, -0.05) is 30.3 Å². The van der Waals surface area contributed by atoms with Crippen molar-refractivity contribution in [1.82, 2.24) is 4.90 Å². The number of nitriles is 1. The average Bonchev–Trinajstić information content (AvgIpc) is 3.51. The van der Waals surface area contributed by atoms with Gasteiger partial charge in [0.05, 0.1) is 50.0 Å². The summed E-state index contributed by atoms with van der Waals surface area (Å²) >= 11 is 0. The van der Waals surface area contributed by atoms with E-state index in [1.165, 1.54) is 20.3 Å². The van der Waals surface area contributed by atoms with E-state index < -0.39 is 41.4 Å². The molecule has 1 spiro atoms. The van der Waals surface area contributed by atoms with E-state index >= 15 is 0 Å². The van der Waals surface area contributed by atoms with Gasteiger partial charge in [0, 0.05) is 17.9 Å². The summed E-state index contributed by atoms with van der Waals surface area (Å²) in [6.45, 7) is 4.12. The van der Waals surface area contributed by atoms with Crippen molar-refractivity contribution in [3.05, 3.63) is 83.6 Å². The molecule has 0 radical (unpaired) electrons. The van der Waals surface area contributed by atoms with Gasteiger partial charge in [0.25, 0.3) is 0 Å². The Balaban J connectivity index is 1.79. The summed E-state index contributed by atoms with van der Waals surface area (Å²) < 4.78 is 15.2. The van der Waals surface area contributed by atoms with Gasteiger partial charge in [-0.15, -0.1) is 6.58 Å². The smallest absolute Gasteiger partial charge is 0.357 e. The maximum atomic E-state index is 14.0. The number of urea groups is 1. The molecule has 5 rings (SSSR count). The zero-order valence-corrected chi connectivity index (χ0v) is 23.1. The van der Waals surface area contributed by atoms with Crippen molar-refractivity contribution in [2.45, 2.75) is 23.9 Å². The van der Waals surface area contributed by atoms with E-state index in [9.17, 15) is 24.4 Å². The first-order valence-electron chi connectivity index (χ1n) is 12.9. The van der Waals surface area contributed by atoms with Gasteiger partial charge < -0.3 is 24.4 Å². The summed E-state index contributed by atoms with van der Waals surface area (Å²) in [6, 6.07) is 12.7. The summed E-state index contributed by atoms with van der Waals surface area (Å²) in [5, 5.41) is 12.0. The van der Waals surface area contributed by atoms with Crippen molar-refractivity contribution in [2.75, 3.05) is 38.1 Å². The molecule has 0 aromatic heterocycles. The summed E-state index contributed by atoms with van der Waals surface area (Å²) in [6.07, 6.45) is 1.63. The average molecular weight is 570 g/mol. The van der Waals surface area contributed by atoms with Gasteiger partial charge in [-0.3, -0.25) is 4.90 Å². The van der Waals surface area contributed by atoms with Crippen LogP contribution in [-0.4, -0.2) is 74.6 Å². The van der Waals surface area contributed by atoms with Gasteiger partial charge in [0.1, 0.15) is 11.9 Å². The Hall–Kier alpha value is -5.44. The minimum atomic E-state index is -1.26. The number of hydrogen-bond acceptors (Lipinski definition) is 10. The molecule has 214 valence electrons. The number of benzene rings is 2. The SMILES string of the molecule is C=CCN1c2ccccc2[C@]23C[C@@H](C(=O)OC)N(C(=O)Nc4cccc(C#N)c4)C2=NC(C(=O)OC)=C(C(=O)OC)[C@H]13. The molecule has 3 atom stereocenters. The number of aliphatic imine (C=N–C) groups is 1. The Bertz CT molecular complexity index is 1620. The van der Waals surface area contributed by atoms with Gasteiger partial charge in [-0.25, -0.2) is 24.2 Å². The number of amidine groups is 1. The van der Waals surface area contributed by atoms with Crippen LogP contribution in [0.25, 0.3) is 0 Å². The fraction of sp³-hybridized carbons (Fsp3) is 0.267. The summed E-state index contributed by atoms with van der Waals surface area (Å²) in [7, 11) is 3.55. The fourth-order valence-corrected chi connectivity index (χ4v) is 6.15. The van der Waals surface area contributed by atoms with Crippen LogP contribution in [-0.2, 0) is 34.0 Å². The van der Waals surface area contributed by atoms with E-state index in [1.807, 2.05) is 29.2 Å². The number of hydrogen-bond donors (Lipinski definition) is 1. The van der Waals surface area contributed by atoms with Crippen molar-refractivity contribution < 1.29 is 33.4 Å². The third-order valence-corrected chi connectivity index (χ3v) is 7.72. The fourth-order valence-electron chi connectivity index (χ4n) is 6.15. The maximum absolute atomic E-state index is 14.0. The molecule has 0 unspecified atom stereocenters. The minimum Gasteiger partial charge on any atom is -0.467 e. The first-order valence-corrected chi connectivity index (χ1v) is 12.9. The highest BCUT2D eigenvalue weighted by molar-refractivity contribution is 6.18. The molecule has 12 nitrogen and oxygen atoms in total. The highest BCUT2D eigenvalue weighted by atomic mass is 16.5. The number of nitrogens with one attached hydrogen (secondary N) is 1. The van der Waals surface area contributed by atoms with Crippen LogP contribution in [0.5, 0.6) is 0 Å². The second kappa shape index (κ2) is 10.9.